The summed E-state index contributed by atoms with van der Waals surface area (Å²) in [6.45, 7) is 4.41. The lowest BCUT2D eigenvalue weighted by Gasteiger charge is -2.07. The normalized spacial score (nSPS) is 15.7. The molecule has 1 aromatic rings. The predicted octanol–water partition coefficient (Wildman–Crippen LogP) is 4.17. The molecule has 0 bridgehead atoms. The van der Waals surface area contributed by atoms with Crippen LogP contribution in [0.3, 0.4) is 0 Å². The summed E-state index contributed by atoms with van der Waals surface area (Å²) in [5.74, 6) is 2.46. The van der Waals surface area contributed by atoms with Crippen LogP contribution >= 0.6 is 0 Å². The van der Waals surface area contributed by atoms with Crippen molar-refractivity contribution >= 4 is 11.6 Å². The third-order valence-corrected chi connectivity index (χ3v) is 4.04. The number of Topliss-reactive ketones (excluding diaryl/α,β-unsaturated/α-hetero) is 2. The van der Waals surface area contributed by atoms with Gasteiger partial charge in [-0.15, -0.1) is 0 Å². The average Bonchev–Trinajstić information content (AvgIpc) is 2.83. The van der Waals surface area contributed by atoms with Crippen LogP contribution in [0.5, 0.6) is 5.75 Å². The van der Waals surface area contributed by atoms with E-state index in [4.69, 9.17) is 9.47 Å². The number of hydrogen-bond donors (Lipinski definition) is 0. The molecule has 0 spiro atoms. The van der Waals surface area contributed by atoms with E-state index in [0.29, 0.717) is 23.5 Å². The second-order valence-corrected chi connectivity index (χ2v) is 5.90. The summed E-state index contributed by atoms with van der Waals surface area (Å²) in [5, 5.41) is 0. The molecule has 1 aliphatic carbocycles. The van der Waals surface area contributed by atoms with Gasteiger partial charge in [-0.3, -0.25) is 9.59 Å². The first-order valence-electron chi connectivity index (χ1n) is 8.61. The number of unbranched alkanes of at least 4 members (excludes halogenated alkanes) is 5. The molecule has 0 saturated heterocycles. The van der Waals surface area contributed by atoms with E-state index < -0.39 is 6.10 Å². The summed E-state index contributed by atoms with van der Waals surface area (Å²) in [4.78, 5) is 24.4. The standard InChI is InChI=1S/C20H24O4/c1-3-5-6-7-8-9-13-23-15-10-11-16-17(14-15)19(22)20(18(16)21)24-12-4-2/h10-11,14,20H,3,5-9,13H2,1-2H3. The molecule has 0 heterocycles. The van der Waals surface area contributed by atoms with Crippen molar-refractivity contribution in [2.75, 3.05) is 6.61 Å². The van der Waals surface area contributed by atoms with Crippen molar-refractivity contribution in [1.82, 2.24) is 0 Å². The molecule has 1 aromatic carbocycles. The zero-order valence-corrected chi connectivity index (χ0v) is 14.4. The molecule has 4 nitrogen and oxygen atoms in total. The Bertz CT molecular complexity index is 651. The van der Waals surface area contributed by atoms with Gasteiger partial charge in [0.25, 0.3) is 0 Å². The molecule has 0 radical (unpaired) electrons. The van der Waals surface area contributed by atoms with Crippen molar-refractivity contribution in [1.29, 1.82) is 0 Å². The maximum Gasteiger partial charge on any atom is 0.235 e. The summed E-state index contributed by atoms with van der Waals surface area (Å²) in [6, 6.07) is 5.00. The highest BCUT2D eigenvalue weighted by molar-refractivity contribution is 6.28. The molecular formula is C20H24O4. The van der Waals surface area contributed by atoms with E-state index in [9.17, 15) is 9.59 Å². The fourth-order valence-corrected chi connectivity index (χ4v) is 2.73. The van der Waals surface area contributed by atoms with Crippen LogP contribution in [0.15, 0.2) is 18.2 Å². The predicted molar refractivity (Wildman–Crippen MR) is 92.3 cm³/mol. The number of ether oxygens (including phenoxy) is 2. The van der Waals surface area contributed by atoms with Gasteiger partial charge in [0.05, 0.1) is 6.61 Å². The first-order chi connectivity index (χ1) is 11.7. The van der Waals surface area contributed by atoms with Crippen LogP contribution < -0.4 is 4.74 Å². The summed E-state index contributed by atoms with van der Waals surface area (Å²) in [5.41, 5.74) is 0.748. The van der Waals surface area contributed by atoms with Crippen molar-refractivity contribution in [3.63, 3.8) is 0 Å². The summed E-state index contributed by atoms with van der Waals surface area (Å²) < 4.78 is 10.7. The van der Waals surface area contributed by atoms with Crippen LogP contribution in [-0.2, 0) is 4.74 Å². The molecule has 24 heavy (non-hydrogen) atoms. The maximum absolute atomic E-state index is 12.3. The molecule has 4 heteroatoms. The molecule has 0 amide bonds. The Morgan fingerprint density at radius 1 is 1.00 bits per heavy atom. The number of fused-ring (bicyclic) bond motifs is 1. The maximum atomic E-state index is 12.3. The van der Waals surface area contributed by atoms with Gasteiger partial charge in [0.15, 0.2) is 0 Å². The van der Waals surface area contributed by atoms with Crippen molar-refractivity contribution < 1.29 is 19.1 Å². The highest BCUT2D eigenvalue weighted by atomic mass is 16.5. The average molecular weight is 328 g/mol. The minimum absolute atomic E-state index is 0.333. The summed E-state index contributed by atoms with van der Waals surface area (Å²) in [7, 11) is 0. The van der Waals surface area contributed by atoms with E-state index in [1.807, 2.05) is 0 Å². The first-order valence-corrected chi connectivity index (χ1v) is 8.61. The number of rotatable bonds is 9. The van der Waals surface area contributed by atoms with Gasteiger partial charge in [-0.25, -0.2) is 0 Å². The Kier molecular flexibility index (Phi) is 6.87. The van der Waals surface area contributed by atoms with E-state index in [1.54, 1.807) is 25.1 Å². The second-order valence-electron chi connectivity index (χ2n) is 5.90. The van der Waals surface area contributed by atoms with Gasteiger partial charge in [-0.2, -0.15) is 0 Å². The van der Waals surface area contributed by atoms with E-state index in [0.717, 1.165) is 12.8 Å². The van der Waals surface area contributed by atoms with Crippen LogP contribution in [0.4, 0.5) is 0 Å². The molecule has 128 valence electrons. The topological polar surface area (TPSA) is 52.6 Å². The van der Waals surface area contributed by atoms with Crippen molar-refractivity contribution in [3.05, 3.63) is 29.3 Å². The molecule has 1 atom stereocenters. The van der Waals surface area contributed by atoms with Crippen molar-refractivity contribution in [2.24, 2.45) is 0 Å². The number of benzene rings is 1. The Balaban J connectivity index is 1.88. The van der Waals surface area contributed by atoms with Gasteiger partial charge in [-0.05, 0) is 24.6 Å². The Morgan fingerprint density at radius 2 is 1.71 bits per heavy atom. The van der Waals surface area contributed by atoms with Crippen LogP contribution in [0.25, 0.3) is 0 Å². The number of hydrogen-bond acceptors (Lipinski definition) is 4. The molecule has 1 aliphatic rings. The summed E-state index contributed by atoms with van der Waals surface area (Å²) >= 11 is 0. The third kappa shape index (κ3) is 4.38. The Hall–Kier alpha value is -2.28. The smallest absolute Gasteiger partial charge is 0.235 e. The summed E-state index contributed by atoms with van der Waals surface area (Å²) in [6.07, 6.45) is 8.37. The van der Waals surface area contributed by atoms with Gasteiger partial charge in [0, 0.05) is 18.1 Å². The SMILES string of the molecule is CC#COC1C(=O)c2ccc(OCCCCCCCC)cc2C1=O. The third-order valence-electron chi connectivity index (χ3n) is 4.04. The molecule has 0 aromatic heterocycles. The molecule has 0 saturated carbocycles. The first kappa shape index (κ1) is 18.1. The number of carbonyl (C=O) groups excluding carboxylic acids is 2. The molecule has 0 fully saturated rings. The zero-order valence-electron chi connectivity index (χ0n) is 14.4. The monoisotopic (exact) mass is 328 g/mol. The largest absolute Gasteiger partial charge is 0.494 e. The van der Waals surface area contributed by atoms with Crippen LogP contribution in [0.2, 0.25) is 0 Å². The lowest BCUT2D eigenvalue weighted by atomic mass is 10.1. The van der Waals surface area contributed by atoms with Gasteiger partial charge >= 0.3 is 0 Å². The highest BCUT2D eigenvalue weighted by Gasteiger charge is 2.40. The van der Waals surface area contributed by atoms with E-state index >= 15 is 0 Å². The molecular weight excluding hydrogens is 304 g/mol. The van der Waals surface area contributed by atoms with Gasteiger partial charge < -0.3 is 9.47 Å². The fourth-order valence-electron chi connectivity index (χ4n) is 2.73. The van der Waals surface area contributed by atoms with Gasteiger partial charge in [0.2, 0.25) is 17.7 Å². The van der Waals surface area contributed by atoms with Gasteiger partial charge in [0.1, 0.15) is 11.9 Å². The van der Waals surface area contributed by atoms with Crippen molar-refractivity contribution in [3.8, 4) is 17.8 Å². The zero-order chi connectivity index (χ0) is 17.4. The van der Waals surface area contributed by atoms with E-state index in [2.05, 4.69) is 19.0 Å². The fraction of sp³-hybridized carbons (Fsp3) is 0.500. The van der Waals surface area contributed by atoms with Crippen LogP contribution in [0.1, 0.15) is 73.1 Å². The lowest BCUT2D eigenvalue weighted by molar-refractivity contribution is 0.0659. The lowest BCUT2D eigenvalue weighted by Crippen LogP contribution is -2.23. The number of ketones is 2. The van der Waals surface area contributed by atoms with Crippen molar-refractivity contribution in [2.45, 2.75) is 58.5 Å². The number of carbonyl (C=O) groups is 2. The molecule has 0 aliphatic heterocycles. The quantitative estimate of drug-likeness (QED) is 0.388. The van der Waals surface area contributed by atoms with E-state index in [-0.39, 0.29) is 11.6 Å². The molecule has 1 unspecified atom stereocenters. The second kappa shape index (κ2) is 9.12. The van der Waals surface area contributed by atoms with Gasteiger partial charge in [-0.1, -0.05) is 44.9 Å². The Morgan fingerprint density at radius 3 is 2.46 bits per heavy atom. The van der Waals surface area contributed by atoms with Crippen LogP contribution in [-0.4, -0.2) is 24.3 Å². The minimum Gasteiger partial charge on any atom is -0.494 e. The van der Waals surface area contributed by atoms with E-state index in [1.165, 1.54) is 25.7 Å². The minimum atomic E-state index is -1.14. The molecule has 0 N–H and O–H groups in total. The molecule has 2 rings (SSSR count). The Labute approximate surface area is 143 Å². The highest BCUT2D eigenvalue weighted by Crippen LogP contribution is 2.28. The van der Waals surface area contributed by atoms with Crippen LogP contribution in [0, 0.1) is 12.0 Å².